The van der Waals surface area contributed by atoms with Crippen LogP contribution in [-0.2, 0) is 9.59 Å². The van der Waals surface area contributed by atoms with Crippen molar-refractivity contribution in [1.82, 2.24) is 0 Å². The Morgan fingerprint density at radius 1 is 0.886 bits per heavy atom. The van der Waals surface area contributed by atoms with Gasteiger partial charge in [-0.25, -0.2) is 0 Å². The van der Waals surface area contributed by atoms with Crippen LogP contribution >= 0.6 is 0 Å². The first-order chi connectivity index (χ1) is 16.1. The highest BCUT2D eigenvalue weighted by molar-refractivity contribution is 6.00. The van der Waals surface area contributed by atoms with E-state index in [1.165, 1.54) is 32.1 Å². The first kappa shape index (κ1) is 25.5. The van der Waals surface area contributed by atoms with Gasteiger partial charge in [-0.05, 0) is 96.2 Å². The highest BCUT2D eigenvalue weighted by Crippen LogP contribution is 2.76. The maximum absolute atomic E-state index is 14.4. The van der Waals surface area contributed by atoms with Crippen molar-refractivity contribution in [2.75, 3.05) is 0 Å². The van der Waals surface area contributed by atoms with E-state index in [2.05, 4.69) is 55.4 Å². The number of carbonyl (C=O) groups is 2. The molecule has 0 aromatic rings. The number of ketones is 2. The zero-order chi connectivity index (χ0) is 25.8. The Morgan fingerprint density at radius 2 is 1.54 bits per heavy atom. The van der Waals surface area contributed by atoms with E-state index in [0.29, 0.717) is 40.9 Å². The zero-order valence-corrected chi connectivity index (χ0v) is 23.7. The van der Waals surface area contributed by atoms with Gasteiger partial charge in [-0.2, -0.15) is 0 Å². The molecule has 0 saturated heterocycles. The van der Waals surface area contributed by atoms with Crippen LogP contribution in [-0.4, -0.2) is 16.7 Å². The molecule has 1 N–H and O–H groups in total. The lowest BCUT2D eigenvalue weighted by Gasteiger charge is -2.72. The van der Waals surface area contributed by atoms with Crippen molar-refractivity contribution in [2.45, 2.75) is 120 Å². The van der Waals surface area contributed by atoms with E-state index >= 15 is 0 Å². The fourth-order valence-corrected chi connectivity index (χ4v) is 11.4. The Balaban J connectivity index is 1.61. The van der Waals surface area contributed by atoms with Gasteiger partial charge in [0.2, 0.25) is 0 Å². The maximum atomic E-state index is 14.4. The van der Waals surface area contributed by atoms with Gasteiger partial charge in [-0.15, -0.1) is 0 Å². The first-order valence-corrected chi connectivity index (χ1v) is 14.5. The molecular formula is C32H50O3. The van der Waals surface area contributed by atoms with Crippen molar-refractivity contribution < 1.29 is 14.7 Å². The van der Waals surface area contributed by atoms with E-state index in [0.717, 1.165) is 25.5 Å². The van der Waals surface area contributed by atoms with Crippen LogP contribution in [0.1, 0.15) is 120 Å². The molecule has 5 aliphatic rings. The minimum atomic E-state index is -0.499. The number of fused-ring (bicyclic) bond motifs is 7. The number of hydrogen-bond acceptors (Lipinski definition) is 3. The van der Waals surface area contributed by atoms with Crippen LogP contribution in [0.4, 0.5) is 0 Å². The van der Waals surface area contributed by atoms with E-state index in [9.17, 15) is 14.7 Å². The van der Waals surface area contributed by atoms with E-state index in [1.54, 1.807) is 0 Å². The molecule has 3 heteroatoms. The number of hydrogen-bond donors (Lipinski definition) is 1. The highest BCUT2D eigenvalue weighted by Gasteiger charge is 2.72. The predicted molar refractivity (Wildman–Crippen MR) is 141 cm³/mol. The zero-order valence-electron chi connectivity index (χ0n) is 23.7. The summed E-state index contributed by atoms with van der Waals surface area (Å²) in [4.78, 5) is 27.7. The number of aliphatic hydroxyl groups excluding tert-OH is 1. The van der Waals surface area contributed by atoms with Gasteiger partial charge < -0.3 is 5.11 Å². The van der Waals surface area contributed by atoms with Gasteiger partial charge >= 0.3 is 0 Å². The van der Waals surface area contributed by atoms with Gasteiger partial charge in [0.25, 0.3) is 0 Å². The number of allylic oxidation sites excluding steroid dienone is 1. The molecule has 5 fully saturated rings. The molecule has 3 nitrogen and oxygen atoms in total. The molecule has 196 valence electrons. The molecular weight excluding hydrogens is 432 g/mol. The molecule has 0 heterocycles. The Hall–Kier alpha value is -1.12. The molecule has 0 aliphatic heterocycles. The lowest BCUT2D eigenvalue weighted by molar-refractivity contribution is -0.231. The number of aliphatic hydroxyl groups is 1. The summed E-state index contributed by atoms with van der Waals surface area (Å²) in [6, 6.07) is 0. The van der Waals surface area contributed by atoms with Crippen molar-refractivity contribution in [3.8, 4) is 0 Å². The summed E-state index contributed by atoms with van der Waals surface area (Å²) in [6.07, 6.45) is 11.9. The summed E-state index contributed by atoms with van der Waals surface area (Å²) in [5, 5.41) is 10.0. The SMILES string of the molecule is CC[C@]12CCC(C)(C)C[C@H]1[C@H]1C(=O)C[C@@H]3[C@@]4(C)CC(=CO)C(=O)C(C)(C)[C@@H]4CC[C@@]3(C)[C@]1(C)CC2. The minimum Gasteiger partial charge on any atom is -0.515 e. The Morgan fingerprint density at radius 3 is 2.17 bits per heavy atom. The molecule has 0 unspecified atom stereocenters. The Labute approximate surface area is 213 Å². The van der Waals surface area contributed by atoms with Gasteiger partial charge in [-0.1, -0.05) is 61.8 Å². The van der Waals surface area contributed by atoms with Crippen molar-refractivity contribution in [1.29, 1.82) is 0 Å². The number of Topliss-reactive ketones (excluding diaryl/α,β-unsaturated/α-hetero) is 2. The lowest BCUT2D eigenvalue weighted by Crippen LogP contribution is -2.69. The largest absolute Gasteiger partial charge is 0.515 e. The van der Waals surface area contributed by atoms with Crippen LogP contribution in [0.5, 0.6) is 0 Å². The normalized spacial score (nSPS) is 51.7. The minimum absolute atomic E-state index is 0.00638. The second-order valence-corrected chi connectivity index (χ2v) is 15.7. The van der Waals surface area contributed by atoms with Gasteiger partial charge in [0.15, 0.2) is 5.78 Å². The van der Waals surface area contributed by atoms with Gasteiger partial charge in [0.1, 0.15) is 5.78 Å². The van der Waals surface area contributed by atoms with Crippen molar-refractivity contribution in [2.24, 2.45) is 56.2 Å². The second-order valence-electron chi connectivity index (χ2n) is 15.7. The molecule has 0 aromatic carbocycles. The van der Waals surface area contributed by atoms with Crippen molar-refractivity contribution in [3.63, 3.8) is 0 Å². The standard InChI is InChI=1S/C32H50O3/c1-9-32-14-12-27(2,3)18-21(32)25-22(34)16-24-29(6)17-20(19-33)26(35)28(4,5)23(29)10-11-30(24,7)31(25,8)13-15-32/h19,21,23-25,33H,9-18H2,1-8H3/t21-,23-,24+,25-,29-,30+,31+,32+/m0/s1. The van der Waals surface area contributed by atoms with Crippen LogP contribution < -0.4 is 0 Å². The van der Waals surface area contributed by atoms with E-state index in [-0.39, 0.29) is 39.8 Å². The number of carbonyl (C=O) groups excluding carboxylic acids is 2. The maximum Gasteiger partial charge on any atom is 0.167 e. The molecule has 0 amide bonds. The van der Waals surface area contributed by atoms with Crippen LogP contribution in [0.2, 0.25) is 0 Å². The average molecular weight is 483 g/mol. The molecule has 0 radical (unpaired) electrons. The van der Waals surface area contributed by atoms with Crippen molar-refractivity contribution >= 4 is 11.6 Å². The summed E-state index contributed by atoms with van der Waals surface area (Å²) in [5.74, 6) is 1.81. The predicted octanol–water partition coefficient (Wildman–Crippen LogP) is 8.08. The van der Waals surface area contributed by atoms with Gasteiger partial charge in [0.05, 0.1) is 6.26 Å². The molecule has 5 rings (SSSR count). The average Bonchev–Trinajstić information content (AvgIpc) is 2.77. The summed E-state index contributed by atoms with van der Waals surface area (Å²) in [6.45, 7) is 18.8. The fourth-order valence-electron chi connectivity index (χ4n) is 11.4. The quantitative estimate of drug-likeness (QED) is 0.303. The summed E-state index contributed by atoms with van der Waals surface area (Å²) >= 11 is 0. The van der Waals surface area contributed by atoms with Gasteiger partial charge in [0, 0.05) is 23.3 Å². The summed E-state index contributed by atoms with van der Waals surface area (Å²) < 4.78 is 0. The molecule has 5 aliphatic carbocycles. The lowest BCUT2D eigenvalue weighted by atomic mass is 9.31. The smallest absolute Gasteiger partial charge is 0.167 e. The van der Waals surface area contributed by atoms with E-state index < -0.39 is 5.41 Å². The Bertz CT molecular complexity index is 973. The topological polar surface area (TPSA) is 54.4 Å². The fraction of sp³-hybridized carbons (Fsp3) is 0.875. The van der Waals surface area contributed by atoms with Crippen LogP contribution in [0, 0.1) is 56.2 Å². The first-order valence-electron chi connectivity index (χ1n) is 14.5. The van der Waals surface area contributed by atoms with Crippen LogP contribution in [0.15, 0.2) is 11.8 Å². The summed E-state index contributed by atoms with van der Waals surface area (Å²) in [7, 11) is 0. The molecule has 0 aromatic heterocycles. The number of rotatable bonds is 1. The molecule has 0 spiro atoms. The Kier molecular flexibility index (Phi) is 5.45. The summed E-state index contributed by atoms with van der Waals surface area (Å²) in [5.41, 5.74) is 0.667. The third-order valence-corrected chi connectivity index (χ3v) is 13.6. The highest BCUT2D eigenvalue weighted by atomic mass is 16.2. The van der Waals surface area contributed by atoms with Crippen LogP contribution in [0.3, 0.4) is 0 Å². The van der Waals surface area contributed by atoms with Crippen LogP contribution in [0.25, 0.3) is 0 Å². The van der Waals surface area contributed by atoms with Crippen molar-refractivity contribution in [3.05, 3.63) is 11.8 Å². The van der Waals surface area contributed by atoms with Gasteiger partial charge in [-0.3, -0.25) is 9.59 Å². The third kappa shape index (κ3) is 3.08. The molecule has 5 saturated carbocycles. The van der Waals surface area contributed by atoms with E-state index in [1.807, 2.05) is 0 Å². The molecule has 0 bridgehead atoms. The molecule has 8 atom stereocenters. The van der Waals surface area contributed by atoms with E-state index in [4.69, 9.17) is 0 Å². The second kappa shape index (κ2) is 7.47. The molecule has 35 heavy (non-hydrogen) atoms. The third-order valence-electron chi connectivity index (χ3n) is 13.6. The monoisotopic (exact) mass is 482 g/mol.